The van der Waals surface area contributed by atoms with Crippen molar-refractivity contribution < 1.29 is 9.53 Å². The summed E-state index contributed by atoms with van der Waals surface area (Å²) in [5, 5.41) is 4.22. The summed E-state index contributed by atoms with van der Waals surface area (Å²) in [5.74, 6) is 0.370. The second-order valence-electron chi connectivity index (χ2n) is 5.00. The van der Waals surface area contributed by atoms with E-state index in [2.05, 4.69) is 5.10 Å². The van der Waals surface area contributed by atoms with E-state index in [1.165, 1.54) is 7.11 Å². The Morgan fingerprint density at radius 3 is 2.65 bits per heavy atom. The second kappa shape index (κ2) is 5.36. The van der Waals surface area contributed by atoms with Crippen LogP contribution in [0.1, 0.15) is 41.5 Å². The van der Waals surface area contributed by atoms with Crippen LogP contribution in [0.25, 0.3) is 0 Å². The van der Waals surface area contributed by atoms with Crippen molar-refractivity contribution in [3.63, 3.8) is 0 Å². The maximum absolute atomic E-state index is 12.7. The molecule has 2 N–H and O–H groups in total. The first-order valence-corrected chi connectivity index (χ1v) is 6.48. The van der Waals surface area contributed by atoms with E-state index in [0.29, 0.717) is 22.7 Å². The number of aromatic nitrogens is 2. The van der Waals surface area contributed by atoms with Crippen LogP contribution in [0.2, 0.25) is 0 Å². The quantitative estimate of drug-likeness (QED) is 0.686. The molecule has 1 aromatic carbocycles. The van der Waals surface area contributed by atoms with E-state index in [0.717, 1.165) is 5.56 Å². The zero-order valence-corrected chi connectivity index (χ0v) is 12.2. The third kappa shape index (κ3) is 2.39. The highest BCUT2D eigenvalue weighted by Gasteiger charge is 2.22. The summed E-state index contributed by atoms with van der Waals surface area (Å²) in [7, 11) is 1.53. The lowest BCUT2D eigenvalue weighted by Gasteiger charge is -2.12. The number of nitrogens with two attached hydrogens (primary N) is 1. The number of nitrogens with zero attached hydrogens (tertiary/aromatic N) is 2. The number of rotatable bonds is 4. The van der Waals surface area contributed by atoms with Crippen LogP contribution in [-0.2, 0) is 0 Å². The molecule has 0 fully saturated rings. The average molecular weight is 273 g/mol. The molecule has 0 spiro atoms. The monoisotopic (exact) mass is 273 g/mol. The normalized spacial score (nSPS) is 10.8. The van der Waals surface area contributed by atoms with Gasteiger partial charge in [-0.15, -0.1) is 0 Å². The fourth-order valence-electron chi connectivity index (χ4n) is 2.06. The number of benzene rings is 1. The number of nitrogen functional groups attached to an aromatic ring is 1. The van der Waals surface area contributed by atoms with Gasteiger partial charge >= 0.3 is 0 Å². The first kappa shape index (κ1) is 14.1. The van der Waals surface area contributed by atoms with Crippen molar-refractivity contribution in [1.29, 1.82) is 0 Å². The van der Waals surface area contributed by atoms with Crippen LogP contribution < -0.4 is 10.5 Å². The van der Waals surface area contributed by atoms with Gasteiger partial charge in [-0.05, 0) is 44.5 Å². The molecule has 0 aliphatic carbocycles. The van der Waals surface area contributed by atoms with Gasteiger partial charge in [0.25, 0.3) is 0 Å². The number of ketones is 1. The summed E-state index contributed by atoms with van der Waals surface area (Å²) >= 11 is 0. The molecule has 1 heterocycles. The first-order valence-electron chi connectivity index (χ1n) is 6.48. The Kier molecular flexibility index (Phi) is 3.79. The third-order valence-electron chi connectivity index (χ3n) is 3.22. The van der Waals surface area contributed by atoms with Gasteiger partial charge < -0.3 is 10.5 Å². The summed E-state index contributed by atoms with van der Waals surface area (Å²) in [6.07, 6.45) is 1.57. The molecule has 0 saturated heterocycles. The van der Waals surface area contributed by atoms with Gasteiger partial charge in [0.15, 0.2) is 11.4 Å². The van der Waals surface area contributed by atoms with E-state index in [9.17, 15) is 4.79 Å². The van der Waals surface area contributed by atoms with E-state index in [-0.39, 0.29) is 11.8 Å². The molecular weight excluding hydrogens is 254 g/mol. The summed E-state index contributed by atoms with van der Waals surface area (Å²) < 4.78 is 6.92. The van der Waals surface area contributed by atoms with Gasteiger partial charge in [0.2, 0.25) is 5.78 Å². The highest BCUT2D eigenvalue weighted by atomic mass is 16.5. The zero-order chi connectivity index (χ0) is 14.9. The van der Waals surface area contributed by atoms with Crippen molar-refractivity contribution in [3.05, 3.63) is 41.2 Å². The van der Waals surface area contributed by atoms with Crippen LogP contribution in [0.4, 0.5) is 5.69 Å². The van der Waals surface area contributed by atoms with Gasteiger partial charge in [-0.3, -0.25) is 9.48 Å². The number of aryl methyl sites for hydroxylation is 1. The Morgan fingerprint density at radius 2 is 2.10 bits per heavy atom. The molecule has 1 aromatic heterocycles. The Labute approximate surface area is 118 Å². The van der Waals surface area contributed by atoms with E-state index in [1.54, 1.807) is 29.1 Å². The van der Waals surface area contributed by atoms with Crippen molar-refractivity contribution in [2.24, 2.45) is 0 Å². The molecule has 0 unspecified atom stereocenters. The van der Waals surface area contributed by atoms with Gasteiger partial charge in [0.05, 0.1) is 13.3 Å². The molecule has 2 aromatic rings. The summed E-state index contributed by atoms with van der Waals surface area (Å²) in [5.41, 5.74) is 8.39. The Hall–Kier alpha value is -2.30. The van der Waals surface area contributed by atoms with E-state index >= 15 is 0 Å². The standard InChI is InChI=1S/C15H19N3O2/c1-9(2)18-14(13(20-4)8-17-18)15(19)11-5-6-12(16)10(3)7-11/h5-9H,16H2,1-4H3. The van der Waals surface area contributed by atoms with Crippen LogP contribution >= 0.6 is 0 Å². The second-order valence-corrected chi connectivity index (χ2v) is 5.00. The number of hydrogen-bond donors (Lipinski definition) is 1. The minimum atomic E-state index is -0.115. The first-order chi connectivity index (χ1) is 9.45. The number of carbonyl (C=O) groups excluding carboxylic acids is 1. The lowest BCUT2D eigenvalue weighted by Crippen LogP contribution is -2.14. The molecule has 0 amide bonds. The van der Waals surface area contributed by atoms with Gasteiger partial charge in [0.1, 0.15) is 0 Å². The predicted octanol–water partition coefficient (Wildman–Crippen LogP) is 2.59. The molecule has 0 bridgehead atoms. The van der Waals surface area contributed by atoms with Crippen LogP contribution in [0, 0.1) is 6.92 Å². The zero-order valence-electron chi connectivity index (χ0n) is 12.2. The Balaban J connectivity index is 2.52. The van der Waals surface area contributed by atoms with Crippen molar-refractivity contribution in [3.8, 4) is 5.75 Å². The van der Waals surface area contributed by atoms with Crippen molar-refractivity contribution >= 4 is 11.5 Å². The number of ether oxygens (including phenoxy) is 1. The summed E-state index contributed by atoms with van der Waals surface area (Å²) in [6, 6.07) is 5.33. The molecule has 0 atom stereocenters. The van der Waals surface area contributed by atoms with Gasteiger partial charge in [-0.25, -0.2) is 0 Å². The molecule has 5 nitrogen and oxygen atoms in total. The molecule has 0 aliphatic rings. The molecule has 2 rings (SSSR count). The van der Waals surface area contributed by atoms with Crippen LogP contribution in [0.5, 0.6) is 5.75 Å². The molecular formula is C15H19N3O2. The predicted molar refractivity (Wildman–Crippen MR) is 78.2 cm³/mol. The van der Waals surface area contributed by atoms with Gasteiger partial charge in [-0.2, -0.15) is 5.10 Å². The van der Waals surface area contributed by atoms with Crippen LogP contribution in [0.15, 0.2) is 24.4 Å². The fourth-order valence-corrected chi connectivity index (χ4v) is 2.06. The van der Waals surface area contributed by atoms with Crippen LogP contribution in [-0.4, -0.2) is 22.7 Å². The highest BCUT2D eigenvalue weighted by Crippen LogP contribution is 2.25. The van der Waals surface area contributed by atoms with E-state index in [4.69, 9.17) is 10.5 Å². The molecule has 0 radical (unpaired) electrons. The van der Waals surface area contributed by atoms with Gasteiger partial charge in [-0.1, -0.05) is 0 Å². The Bertz CT molecular complexity index is 645. The molecule has 0 aliphatic heterocycles. The van der Waals surface area contributed by atoms with Crippen molar-refractivity contribution in [2.45, 2.75) is 26.8 Å². The van der Waals surface area contributed by atoms with Crippen LogP contribution in [0.3, 0.4) is 0 Å². The summed E-state index contributed by atoms with van der Waals surface area (Å²) in [4.78, 5) is 12.7. The minimum absolute atomic E-state index is 0.0766. The SMILES string of the molecule is COc1cnn(C(C)C)c1C(=O)c1ccc(N)c(C)c1. The molecule has 20 heavy (non-hydrogen) atoms. The lowest BCUT2D eigenvalue weighted by molar-refractivity contribution is 0.102. The Morgan fingerprint density at radius 1 is 1.40 bits per heavy atom. The number of anilines is 1. The lowest BCUT2D eigenvalue weighted by atomic mass is 10.0. The smallest absolute Gasteiger partial charge is 0.214 e. The topological polar surface area (TPSA) is 70.1 Å². The van der Waals surface area contributed by atoms with E-state index in [1.807, 2.05) is 20.8 Å². The van der Waals surface area contributed by atoms with Gasteiger partial charge in [0, 0.05) is 17.3 Å². The third-order valence-corrected chi connectivity index (χ3v) is 3.22. The van der Waals surface area contributed by atoms with Crippen molar-refractivity contribution in [1.82, 2.24) is 9.78 Å². The molecule has 0 saturated carbocycles. The maximum atomic E-state index is 12.7. The van der Waals surface area contributed by atoms with Crippen molar-refractivity contribution in [2.75, 3.05) is 12.8 Å². The maximum Gasteiger partial charge on any atom is 0.214 e. The van der Waals surface area contributed by atoms with E-state index < -0.39 is 0 Å². The largest absolute Gasteiger partial charge is 0.493 e. The molecule has 5 heteroatoms. The fraction of sp³-hybridized carbons (Fsp3) is 0.333. The molecule has 106 valence electrons. The minimum Gasteiger partial charge on any atom is -0.493 e. The number of methoxy groups -OCH3 is 1. The highest BCUT2D eigenvalue weighted by molar-refractivity contribution is 6.09. The summed E-state index contributed by atoms with van der Waals surface area (Å²) in [6.45, 7) is 5.82. The number of hydrogen-bond acceptors (Lipinski definition) is 4. The average Bonchev–Trinajstić information content (AvgIpc) is 2.85. The number of carbonyl (C=O) groups is 1.